The fourth-order valence-corrected chi connectivity index (χ4v) is 3.11. The molecule has 0 radical (unpaired) electrons. The largest absolute Gasteiger partial charge is 0.395 e. The van der Waals surface area contributed by atoms with Gasteiger partial charge in [0.2, 0.25) is 0 Å². The quantitative estimate of drug-likeness (QED) is 0.843. The molecule has 0 spiro atoms. The number of nitrogens with zero attached hydrogens (tertiary/aromatic N) is 2. The van der Waals surface area contributed by atoms with Gasteiger partial charge in [0.15, 0.2) is 0 Å². The molecule has 1 saturated heterocycles. The number of hydrogen-bond donors (Lipinski definition) is 2. The van der Waals surface area contributed by atoms with Crippen molar-refractivity contribution in [3.63, 3.8) is 0 Å². The number of aryl methyl sites for hydroxylation is 1. The van der Waals surface area contributed by atoms with Crippen molar-refractivity contribution in [2.24, 2.45) is 5.73 Å². The molecule has 2 rings (SSSR count). The van der Waals surface area contributed by atoms with E-state index in [1.807, 2.05) is 0 Å². The van der Waals surface area contributed by atoms with Crippen LogP contribution in [0.2, 0.25) is 0 Å². The molecule has 0 aromatic heterocycles. The molecule has 1 aromatic carbocycles. The molecule has 0 saturated carbocycles. The molecular formula is C16H27N3O. The van der Waals surface area contributed by atoms with Crippen molar-refractivity contribution in [3.8, 4) is 0 Å². The van der Waals surface area contributed by atoms with Crippen LogP contribution in [0.4, 0.5) is 0 Å². The smallest absolute Gasteiger partial charge is 0.0558 e. The third kappa shape index (κ3) is 3.79. The Balaban J connectivity index is 2.07. The minimum atomic E-state index is 0.112. The summed E-state index contributed by atoms with van der Waals surface area (Å²) in [5.41, 5.74) is 8.85. The highest BCUT2D eigenvalue weighted by molar-refractivity contribution is 5.26. The van der Waals surface area contributed by atoms with Gasteiger partial charge in [-0.2, -0.15) is 0 Å². The number of aliphatic hydroxyl groups excluding tert-OH is 1. The third-order valence-electron chi connectivity index (χ3n) is 4.10. The van der Waals surface area contributed by atoms with E-state index in [9.17, 15) is 0 Å². The summed E-state index contributed by atoms with van der Waals surface area (Å²) in [5, 5.41) is 9.02. The van der Waals surface area contributed by atoms with E-state index in [-0.39, 0.29) is 18.7 Å². The average molecular weight is 277 g/mol. The summed E-state index contributed by atoms with van der Waals surface area (Å²) >= 11 is 0. The maximum Gasteiger partial charge on any atom is 0.0558 e. The zero-order chi connectivity index (χ0) is 14.5. The zero-order valence-electron chi connectivity index (χ0n) is 12.6. The highest BCUT2D eigenvalue weighted by Gasteiger charge is 2.27. The summed E-state index contributed by atoms with van der Waals surface area (Å²) in [6, 6.07) is 9.06. The van der Waals surface area contributed by atoms with E-state index in [1.165, 1.54) is 11.1 Å². The fourth-order valence-electron chi connectivity index (χ4n) is 3.11. The number of benzene rings is 1. The zero-order valence-corrected chi connectivity index (χ0v) is 12.6. The maximum atomic E-state index is 9.02. The summed E-state index contributed by atoms with van der Waals surface area (Å²) in [6.45, 7) is 9.29. The van der Waals surface area contributed by atoms with Crippen LogP contribution in [0.25, 0.3) is 0 Å². The molecule has 0 bridgehead atoms. The van der Waals surface area contributed by atoms with Crippen molar-refractivity contribution >= 4 is 0 Å². The maximum absolute atomic E-state index is 9.02. The van der Waals surface area contributed by atoms with Crippen LogP contribution in [0, 0.1) is 6.92 Å². The minimum Gasteiger partial charge on any atom is -0.395 e. The summed E-state index contributed by atoms with van der Waals surface area (Å²) in [7, 11) is 0. The van der Waals surface area contributed by atoms with Crippen LogP contribution in [-0.2, 0) is 0 Å². The molecule has 4 heteroatoms. The van der Waals surface area contributed by atoms with Gasteiger partial charge >= 0.3 is 0 Å². The van der Waals surface area contributed by atoms with E-state index in [0.29, 0.717) is 0 Å². The van der Waals surface area contributed by atoms with Crippen LogP contribution in [0.3, 0.4) is 0 Å². The number of nitrogens with two attached hydrogens (primary N) is 1. The number of hydrogen-bond acceptors (Lipinski definition) is 4. The van der Waals surface area contributed by atoms with Gasteiger partial charge in [0.1, 0.15) is 0 Å². The van der Waals surface area contributed by atoms with Crippen LogP contribution in [-0.4, -0.2) is 60.3 Å². The predicted octanol–water partition coefficient (Wildman–Crippen LogP) is 0.993. The van der Waals surface area contributed by atoms with Gasteiger partial charge < -0.3 is 10.8 Å². The molecule has 2 atom stereocenters. The number of piperazine rings is 1. The van der Waals surface area contributed by atoms with E-state index in [1.54, 1.807) is 0 Å². The first kappa shape index (κ1) is 15.4. The molecule has 4 nitrogen and oxygen atoms in total. The van der Waals surface area contributed by atoms with Gasteiger partial charge in [0, 0.05) is 44.8 Å². The number of rotatable bonds is 5. The first-order valence-electron chi connectivity index (χ1n) is 7.51. The SMILES string of the molecule is Cc1cccc(C(C(C)N)N2CCN(CCO)CC2)c1. The topological polar surface area (TPSA) is 52.7 Å². The van der Waals surface area contributed by atoms with E-state index in [0.717, 1.165) is 32.7 Å². The van der Waals surface area contributed by atoms with E-state index >= 15 is 0 Å². The Morgan fingerprint density at radius 2 is 1.95 bits per heavy atom. The van der Waals surface area contributed by atoms with Crippen molar-refractivity contribution < 1.29 is 5.11 Å². The van der Waals surface area contributed by atoms with Gasteiger partial charge in [-0.25, -0.2) is 0 Å². The van der Waals surface area contributed by atoms with Crippen molar-refractivity contribution in [3.05, 3.63) is 35.4 Å². The first-order valence-corrected chi connectivity index (χ1v) is 7.51. The fraction of sp³-hybridized carbons (Fsp3) is 0.625. The molecule has 112 valence electrons. The van der Waals surface area contributed by atoms with Gasteiger partial charge in [-0.15, -0.1) is 0 Å². The lowest BCUT2D eigenvalue weighted by Crippen LogP contribution is -2.51. The Bertz CT molecular complexity index is 414. The van der Waals surface area contributed by atoms with Crippen LogP contribution in [0.5, 0.6) is 0 Å². The van der Waals surface area contributed by atoms with Crippen molar-refractivity contribution in [2.45, 2.75) is 25.9 Å². The number of aliphatic hydroxyl groups is 1. The molecule has 1 aliphatic rings. The molecule has 0 aliphatic carbocycles. The van der Waals surface area contributed by atoms with Gasteiger partial charge in [-0.3, -0.25) is 9.80 Å². The highest BCUT2D eigenvalue weighted by atomic mass is 16.3. The Hall–Kier alpha value is -0.940. The van der Waals surface area contributed by atoms with Crippen LogP contribution in [0.15, 0.2) is 24.3 Å². The predicted molar refractivity (Wildman–Crippen MR) is 82.7 cm³/mol. The Morgan fingerprint density at radius 1 is 1.25 bits per heavy atom. The van der Waals surface area contributed by atoms with E-state index in [4.69, 9.17) is 10.8 Å². The number of β-amino-alcohol motifs (C(OH)–C–C–N with tert-alkyl or cyclic N) is 1. The van der Waals surface area contributed by atoms with Crippen LogP contribution < -0.4 is 5.73 Å². The van der Waals surface area contributed by atoms with Crippen molar-refractivity contribution in [1.29, 1.82) is 0 Å². The summed E-state index contributed by atoms with van der Waals surface area (Å²) in [5.74, 6) is 0. The summed E-state index contributed by atoms with van der Waals surface area (Å²) < 4.78 is 0. The lowest BCUT2D eigenvalue weighted by Gasteiger charge is -2.41. The van der Waals surface area contributed by atoms with Crippen LogP contribution >= 0.6 is 0 Å². The van der Waals surface area contributed by atoms with Crippen molar-refractivity contribution in [1.82, 2.24) is 9.80 Å². The van der Waals surface area contributed by atoms with Gasteiger partial charge in [0.25, 0.3) is 0 Å². The highest BCUT2D eigenvalue weighted by Crippen LogP contribution is 2.25. The Labute approximate surface area is 122 Å². The van der Waals surface area contributed by atoms with Gasteiger partial charge in [-0.05, 0) is 19.4 Å². The molecule has 1 aromatic rings. The van der Waals surface area contributed by atoms with Gasteiger partial charge in [-0.1, -0.05) is 29.8 Å². The Morgan fingerprint density at radius 3 is 2.50 bits per heavy atom. The molecule has 1 aliphatic heterocycles. The molecule has 1 heterocycles. The molecule has 2 unspecified atom stereocenters. The van der Waals surface area contributed by atoms with Crippen LogP contribution in [0.1, 0.15) is 24.1 Å². The molecule has 0 amide bonds. The second kappa shape index (κ2) is 7.18. The lowest BCUT2D eigenvalue weighted by molar-refractivity contribution is 0.0760. The van der Waals surface area contributed by atoms with Gasteiger partial charge in [0.05, 0.1) is 6.61 Å². The second-order valence-electron chi connectivity index (χ2n) is 5.82. The van der Waals surface area contributed by atoms with E-state index < -0.39 is 0 Å². The molecule has 1 fully saturated rings. The first-order chi connectivity index (χ1) is 9.61. The Kier molecular flexibility index (Phi) is 5.54. The average Bonchev–Trinajstić information content (AvgIpc) is 2.41. The summed E-state index contributed by atoms with van der Waals surface area (Å²) in [4.78, 5) is 4.79. The minimum absolute atomic E-state index is 0.112. The summed E-state index contributed by atoms with van der Waals surface area (Å²) in [6.07, 6.45) is 0. The molecule has 3 N–H and O–H groups in total. The second-order valence-corrected chi connectivity index (χ2v) is 5.82. The van der Waals surface area contributed by atoms with E-state index in [2.05, 4.69) is 47.9 Å². The lowest BCUT2D eigenvalue weighted by atomic mass is 9.97. The van der Waals surface area contributed by atoms with Crippen molar-refractivity contribution in [2.75, 3.05) is 39.3 Å². The molecule has 20 heavy (non-hydrogen) atoms. The molecular weight excluding hydrogens is 250 g/mol. The standard InChI is InChI=1S/C16H27N3O/c1-13-4-3-5-15(12-13)16(14(2)17)19-8-6-18(7-9-19)10-11-20/h3-5,12,14,16,20H,6-11,17H2,1-2H3. The normalized spacial score (nSPS) is 20.8. The third-order valence-corrected chi connectivity index (χ3v) is 4.10. The monoisotopic (exact) mass is 277 g/mol.